The number of anilines is 1. The van der Waals surface area contributed by atoms with Crippen molar-refractivity contribution in [1.82, 2.24) is 5.32 Å². The molecule has 0 aliphatic heterocycles. The van der Waals surface area contributed by atoms with E-state index in [1.165, 1.54) is 23.3 Å². The molecule has 5 nitrogen and oxygen atoms in total. The minimum atomic E-state index is -3.70. The summed E-state index contributed by atoms with van der Waals surface area (Å²) in [6.07, 6.45) is 2.61. The maximum atomic E-state index is 12.2. The first-order valence-electron chi connectivity index (χ1n) is 8.42. The molecule has 0 unspecified atom stereocenters. The molecular formula is C19H22Cl2N2O3S. The van der Waals surface area contributed by atoms with E-state index in [2.05, 4.69) is 17.4 Å². The summed E-state index contributed by atoms with van der Waals surface area (Å²) < 4.78 is 25.2. The van der Waals surface area contributed by atoms with Crippen molar-refractivity contribution in [2.45, 2.75) is 19.8 Å². The Morgan fingerprint density at radius 1 is 1.11 bits per heavy atom. The molecule has 2 aromatic carbocycles. The van der Waals surface area contributed by atoms with Crippen molar-refractivity contribution in [1.29, 1.82) is 0 Å². The third-order valence-corrected chi connectivity index (χ3v) is 5.63. The lowest BCUT2D eigenvalue weighted by molar-refractivity contribution is -0.119. The monoisotopic (exact) mass is 428 g/mol. The maximum Gasteiger partial charge on any atom is 0.240 e. The van der Waals surface area contributed by atoms with Crippen LogP contribution in [-0.4, -0.2) is 33.7 Å². The predicted octanol–water partition coefficient (Wildman–Crippen LogP) is 3.82. The Morgan fingerprint density at radius 3 is 2.41 bits per heavy atom. The van der Waals surface area contributed by atoms with E-state index in [4.69, 9.17) is 23.2 Å². The molecule has 2 rings (SSSR count). The number of sulfonamides is 1. The minimum Gasteiger partial charge on any atom is -0.355 e. The highest BCUT2D eigenvalue weighted by Crippen LogP contribution is 2.30. The van der Waals surface area contributed by atoms with Crippen LogP contribution in [0.1, 0.15) is 17.5 Å². The lowest BCUT2D eigenvalue weighted by Crippen LogP contribution is -2.40. The third kappa shape index (κ3) is 6.72. The molecule has 2 aromatic rings. The molecule has 0 heterocycles. The van der Waals surface area contributed by atoms with E-state index < -0.39 is 15.9 Å². The van der Waals surface area contributed by atoms with Crippen molar-refractivity contribution in [3.05, 3.63) is 63.6 Å². The molecule has 146 valence electrons. The molecule has 0 spiro atoms. The van der Waals surface area contributed by atoms with Crippen LogP contribution in [-0.2, 0) is 21.2 Å². The zero-order valence-corrected chi connectivity index (χ0v) is 17.5. The van der Waals surface area contributed by atoms with Crippen molar-refractivity contribution in [3.8, 4) is 0 Å². The minimum absolute atomic E-state index is 0.182. The van der Waals surface area contributed by atoms with Crippen LogP contribution in [0.15, 0.2) is 42.5 Å². The standard InChI is InChI=1S/C19H22Cl2N2O3S/c1-14-5-7-15(8-6-14)4-3-11-22-19(24)13-23(27(2,25)26)18-12-16(20)9-10-17(18)21/h5-10,12H,3-4,11,13H2,1-2H3,(H,22,24). The quantitative estimate of drug-likeness (QED) is 0.649. The SMILES string of the molecule is Cc1ccc(CCCNC(=O)CN(c2cc(Cl)ccc2Cl)S(C)(=O)=O)cc1. The van der Waals surface area contributed by atoms with Gasteiger partial charge in [0, 0.05) is 11.6 Å². The summed E-state index contributed by atoms with van der Waals surface area (Å²) >= 11 is 12.0. The van der Waals surface area contributed by atoms with Gasteiger partial charge in [0.05, 0.1) is 17.0 Å². The second-order valence-electron chi connectivity index (χ2n) is 6.30. The molecule has 8 heteroatoms. The third-order valence-electron chi connectivity index (χ3n) is 3.95. The molecule has 0 saturated carbocycles. The van der Waals surface area contributed by atoms with E-state index in [1.54, 1.807) is 6.07 Å². The first kappa shape index (κ1) is 21.5. The summed E-state index contributed by atoms with van der Waals surface area (Å²) in [4.78, 5) is 12.2. The van der Waals surface area contributed by atoms with E-state index in [0.29, 0.717) is 11.6 Å². The maximum absolute atomic E-state index is 12.2. The van der Waals surface area contributed by atoms with E-state index in [-0.39, 0.29) is 17.3 Å². The molecule has 0 saturated heterocycles. The molecule has 27 heavy (non-hydrogen) atoms. The van der Waals surface area contributed by atoms with Gasteiger partial charge in [-0.3, -0.25) is 9.10 Å². The van der Waals surface area contributed by atoms with Gasteiger partial charge in [-0.1, -0.05) is 53.0 Å². The van der Waals surface area contributed by atoms with Crippen LogP contribution in [0.4, 0.5) is 5.69 Å². The summed E-state index contributed by atoms with van der Waals surface area (Å²) in [7, 11) is -3.70. The number of carbonyl (C=O) groups is 1. The van der Waals surface area contributed by atoms with Crippen LogP contribution >= 0.6 is 23.2 Å². The van der Waals surface area contributed by atoms with Gasteiger partial charge in [-0.2, -0.15) is 0 Å². The van der Waals surface area contributed by atoms with Crippen molar-refractivity contribution >= 4 is 44.8 Å². The Hall–Kier alpha value is -1.76. The van der Waals surface area contributed by atoms with Crippen LogP contribution in [0.2, 0.25) is 10.0 Å². The summed E-state index contributed by atoms with van der Waals surface area (Å²) in [5.74, 6) is -0.402. The zero-order chi connectivity index (χ0) is 20.0. The molecule has 0 aromatic heterocycles. The highest BCUT2D eigenvalue weighted by Gasteiger charge is 2.23. The Bertz CT molecular complexity index is 900. The van der Waals surface area contributed by atoms with Gasteiger partial charge >= 0.3 is 0 Å². The molecule has 0 radical (unpaired) electrons. The number of rotatable bonds is 8. The van der Waals surface area contributed by atoms with Crippen LogP contribution in [0.25, 0.3) is 0 Å². The Balaban J connectivity index is 1.94. The van der Waals surface area contributed by atoms with Gasteiger partial charge in [0.2, 0.25) is 15.9 Å². The van der Waals surface area contributed by atoms with Crippen LogP contribution in [0.3, 0.4) is 0 Å². The van der Waals surface area contributed by atoms with Gasteiger partial charge in [-0.05, 0) is 43.5 Å². The Kier molecular flexibility index (Phi) is 7.53. The summed E-state index contributed by atoms with van der Waals surface area (Å²) in [5.41, 5.74) is 2.58. The number of halogens is 2. The van der Waals surface area contributed by atoms with E-state index in [1.807, 2.05) is 19.1 Å². The average molecular weight is 429 g/mol. The predicted molar refractivity (Wildman–Crippen MR) is 111 cm³/mol. The number of aryl methyl sites for hydroxylation is 2. The average Bonchev–Trinajstić information content (AvgIpc) is 2.59. The molecule has 1 N–H and O–H groups in total. The number of amides is 1. The molecule has 0 atom stereocenters. The van der Waals surface area contributed by atoms with E-state index in [9.17, 15) is 13.2 Å². The lowest BCUT2D eigenvalue weighted by Gasteiger charge is -2.23. The summed E-state index contributed by atoms with van der Waals surface area (Å²) in [6.45, 7) is 2.13. The first-order valence-corrected chi connectivity index (χ1v) is 11.0. The largest absolute Gasteiger partial charge is 0.355 e. The summed E-state index contributed by atoms with van der Waals surface area (Å²) in [5, 5.41) is 3.29. The molecule has 0 bridgehead atoms. The zero-order valence-electron chi connectivity index (χ0n) is 15.2. The van der Waals surface area contributed by atoms with Crippen molar-refractivity contribution in [2.24, 2.45) is 0 Å². The number of benzene rings is 2. The number of carbonyl (C=O) groups excluding carboxylic acids is 1. The second-order valence-corrected chi connectivity index (χ2v) is 9.05. The molecule has 1 amide bonds. The highest BCUT2D eigenvalue weighted by atomic mass is 35.5. The van der Waals surface area contributed by atoms with Gasteiger partial charge in [0.25, 0.3) is 0 Å². The van der Waals surface area contributed by atoms with Crippen LogP contribution in [0, 0.1) is 6.92 Å². The molecular weight excluding hydrogens is 407 g/mol. The number of hydrogen-bond donors (Lipinski definition) is 1. The van der Waals surface area contributed by atoms with Gasteiger partial charge in [-0.15, -0.1) is 0 Å². The lowest BCUT2D eigenvalue weighted by atomic mass is 10.1. The topological polar surface area (TPSA) is 66.5 Å². The van der Waals surface area contributed by atoms with Gasteiger partial charge in [0.1, 0.15) is 6.54 Å². The van der Waals surface area contributed by atoms with Crippen LogP contribution < -0.4 is 9.62 Å². The number of nitrogens with one attached hydrogen (secondary N) is 1. The highest BCUT2D eigenvalue weighted by molar-refractivity contribution is 7.92. The van der Waals surface area contributed by atoms with Crippen molar-refractivity contribution < 1.29 is 13.2 Å². The van der Waals surface area contributed by atoms with Crippen molar-refractivity contribution in [3.63, 3.8) is 0 Å². The summed E-state index contributed by atoms with van der Waals surface area (Å²) in [6, 6.07) is 12.7. The smallest absolute Gasteiger partial charge is 0.240 e. The van der Waals surface area contributed by atoms with Crippen LogP contribution in [0.5, 0.6) is 0 Å². The fourth-order valence-electron chi connectivity index (χ4n) is 2.52. The van der Waals surface area contributed by atoms with E-state index >= 15 is 0 Å². The van der Waals surface area contributed by atoms with E-state index in [0.717, 1.165) is 23.4 Å². The Morgan fingerprint density at radius 2 is 1.78 bits per heavy atom. The first-order chi connectivity index (χ1) is 12.7. The molecule has 0 fully saturated rings. The van der Waals surface area contributed by atoms with Gasteiger partial charge in [-0.25, -0.2) is 8.42 Å². The molecule has 0 aliphatic carbocycles. The van der Waals surface area contributed by atoms with Gasteiger partial charge < -0.3 is 5.32 Å². The van der Waals surface area contributed by atoms with Crippen molar-refractivity contribution in [2.75, 3.05) is 23.7 Å². The second kappa shape index (κ2) is 9.44. The normalized spacial score (nSPS) is 11.3. The molecule has 0 aliphatic rings. The fraction of sp³-hybridized carbons (Fsp3) is 0.316. The fourth-order valence-corrected chi connectivity index (χ4v) is 3.82. The Labute approximate surface area is 170 Å². The van der Waals surface area contributed by atoms with Gasteiger partial charge in [0.15, 0.2) is 0 Å². The number of nitrogens with zero attached hydrogens (tertiary/aromatic N) is 1. The number of hydrogen-bond acceptors (Lipinski definition) is 3.